The number of nitrogens with zero attached hydrogens (tertiary/aromatic N) is 2. The number of halogens is 2. The molecule has 0 bridgehead atoms. The molecule has 10 heteroatoms. The average Bonchev–Trinajstić information content (AvgIpc) is 3.13. The summed E-state index contributed by atoms with van der Waals surface area (Å²) in [4.78, 5) is 27.2. The molecule has 1 unspecified atom stereocenters. The number of sulfonamides is 1. The smallest absolute Gasteiger partial charge is 0.252 e. The van der Waals surface area contributed by atoms with E-state index in [0.29, 0.717) is 28.6 Å². The Bertz CT molecular complexity index is 1330. The van der Waals surface area contributed by atoms with Gasteiger partial charge in [0.25, 0.3) is 5.91 Å². The number of carbonyl (C=O) groups excluding carboxylic acids is 2. The molecule has 1 fully saturated rings. The predicted octanol–water partition coefficient (Wildman–Crippen LogP) is 4.40. The van der Waals surface area contributed by atoms with Crippen molar-refractivity contribution in [3.05, 3.63) is 89.2 Å². The van der Waals surface area contributed by atoms with Crippen LogP contribution in [0.25, 0.3) is 0 Å². The van der Waals surface area contributed by atoms with Gasteiger partial charge in [-0.15, -0.1) is 0 Å². The van der Waals surface area contributed by atoms with Crippen molar-refractivity contribution in [1.82, 2.24) is 4.31 Å². The van der Waals surface area contributed by atoms with Gasteiger partial charge in [0.15, 0.2) is 0 Å². The van der Waals surface area contributed by atoms with Crippen LogP contribution in [0.15, 0.2) is 77.7 Å². The number of benzene rings is 3. The van der Waals surface area contributed by atoms with Gasteiger partial charge in [0.05, 0.1) is 23.6 Å². The lowest BCUT2D eigenvalue weighted by atomic mass is 10.2. The first-order valence-corrected chi connectivity index (χ1v) is 12.6. The maximum atomic E-state index is 13.6. The van der Waals surface area contributed by atoms with Crippen molar-refractivity contribution >= 4 is 39.1 Å². The minimum absolute atomic E-state index is 0.0798. The molecule has 0 spiro atoms. The van der Waals surface area contributed by atoms with E-state index in [4.69, 9.17) is 16.3 Å². The molecule has 0 aromatic heterocycles. The summed E-state index contributed by atoms with van der Waals surface area (Å²) in [5, 5.41) is 0.350. The molecule has 1 saturated heterocycles. The number of imide groups is 1. The van der Waals surface area contributed by atoms with E-state index < -0.39 is 33.7 Å². The zero-order chi connectivity index (χ0) is 25.2. The Balaban J connectivity index is 1.71. The van der Waals surface area contributed by atoms with Crippen LogP contribution in [0, 0.1) is 5.82 Å². The van der Waals surface area contributed by atoms with Crippen molar-refractivity contribution in [1.29, 1.82) is 0 Å². The summed E-state index contributed by atoms with van der Waals surface area (Å²) in [6.45, 7) is 2.07. The molecule has 1 aliphatic heterocycles. The third kappa shape index (κ3) is 5.22. The molecule has 0 radical (unpaired) electrons. The van der Waals surface area contributed by atoms with Crippen molar-refractivity contribution in [3.8, 4) is 5.75 Å². The highest BCUT2D eigenvalue weighted by Gasteiger charge is 2.47. The number of hydrogen-bond acceptors (Lipinski definition) is 5. The third-order valence-electron chi connectivity index (χ3n) is 5.55. The Hall–Kier alpha value is -3.27. The van der Waals surface area contributed by atoms with Crippen molar-refractivity contribution in [3.63, 3.8) is 0 Å². The first-order chi connectivity index (χ1) is 16.7. The Morgan fingerprint density at radius 1 is 1.00 bits per heavy atom. The molecule has 0 N–H and O–H groups in total. The third-order valence-corrected chi connectivity index (χ3v) is 7.67. The van der Waals surface area contributed by atoms with Gasteiger partial charge in [0, 0.05) is 11.6 Å². The summed E-state index contributed by atoms with van der Waals surface area (Å²) in [5.74, 6) is -1.09. The lowest BCUT2D eigenvalue weighted by Crippen LogP contribution is -2.45. The highest BCUT2D eigenvalue weighted by molar-refractivity contribution is 7.89. The fraction of sp³-hybridized carbons (Fsp3) is 0.200. The highest BCUT2D eigenvalue weighted by atomic mass is 35.5. The van der Waals surface area contributed by atoms with Gasteiger partial charge in [-0.1, -0.05) is 23.7 Å². The van der Waals surface area contributed by atoms with E-state index in [1.54, 1.807) is 24.3 Å². The second-order valence-electron chi connectivity index (χ2n) is 7.84. The molecule has 0 saturated carbocycles. The van der Waals surface area contributed by atoms with Gasteiger partial charge in [0.1, 0.15) is 17.6 Å². The summed E-state index contributed by atoms with van der Waals surface area (Å²) in [6.07, 6.45) is -0.333. The molecular formula is C25H22ClFN2O5S. The molecule has 182 valence electrons. The topological polar surface area (TPSA) is 84.0 Å². The van der Waals surface area contributed by atoms with Crippen molar-refractivity contribution in [2.75, 3.05) is 11.5 Å². The summed E-state index contributed by atoms with van der Waals surface area (Å²) >= 11 is 5.91. The van der Waals surface area contributed by atoms with Crippen molar-refractivity contribution < 1.29 is 27.1 Å². The standard InChI is InChI=1S/C25H22ClFN2O5S/c1-2-34-21-11-9-20(10-12-21)29-24(30)15-23(25(29)31)28(16-17-3-7-19(27)8-4-17)35(32,33)22-13-5-18(26)6-14-22/h3-14,23H,2,15-16H2,1H3. The maximum absolute atomic E-state index is 13.6. The summed E-state index contributed by atoms with van der Waals surface area (Å²) < 4.78 is 47.1. The molecule has 0 aliphatic carbocycles. The molecule has 3 aromatic rings. The Labute approximate surface area is 207 Å². The quantitative estimate of drug-likeness (QED) is 0.414. The molecule has 4 rings (SSSR count). The van der Waals surface area contributed by atoms with Crippen LogP contribution in [0.2, 0.25) is 5.02 Å². The highest BCUT2D eigenvalue weighted by Crippen LogP contribution is 2.31. The van der Waals surface area contributed by atoms with E-state index in [-0.39, 0.29) is 17.9 Å². The largest absolute Gasteiger partial charge is 0.494 e. The van der Waals surface area contributed by atoms with E-state index in [1.807, 2.05) is 6.92 Å². The van der Waals surface area contributed by atoms with E-state index in [9.17, 15) is 22.4 Å². The lowest BCUT2D eigenvalue weighted by molar-refractivity contribution is -0.122. The van der Waals surface area contributed by atoms with Crippen LogP contribution in [-0.2, 0) is 26.2 Å². The minimum atomic E-state index is -4.22. The van der Waals surface area contributed by atoms with Crippen LogP contribution in [0.5, 0.6) is 5.75 Å². The van der Waals surface area contributed by atoms with Crippen LogP contribution in [-0.4, -0.2) is 37.2 Å². The summed E-state index contributed by atoms with van der Waals surface area (Å²) in [5.41, 5.74) is 0.778. The average molecular weight is 517 g/mol. The normalized spacial score (nSPS) is 16.2. The van der Waals surface area contributed by atoms with Gasteiger partial charge < -0.3 is 4.74 Å². The molecule has 2 amide bonds. The fourth-order valence-electron chi connectivity index (χ4n) is 3.84. The summed E-state index contributed by atoms with van der Waals surface area (Å²) in [6, 6.07) is 15.9. The fourth-order valence-corrected chi connectivity index (χ4v) is 5.54. The molecule has 7 nitrogen and oxygen atoms in total. The van der Waals surface area contributed by atoms with Gasteiger partial charge >= 0.3 is 0 Å². The van der Waals surface area contributed by atoms with E-state index in [1.165, 1.54) is 48.5 Å². The van der Waals surface area contributed by atoms with E-state index in [0.717, 1.165) is 9.21 Å². The van der Waals surface area contributed by atoms with Crippen LogP contribution >= 0.6 is 11.6 Å². The predicted molar refractivity (Wildman–Crippen MR) is 129 cm³/mol. The van der Waals surface area contributed by atoms with Gasteiger partial charge in [0.2, 0.25) is 15.9 Å². The Kier molecular flexibility index (Phi) is 7.20. The molecule has 1 atom stereocenters. The number of carbonyl (C=O) groups is 2. The number of rotatable bonds is 8. The number of amides is 2. The zero-order valence-corrected chi connectivity index (χ0v) is 20.3. The zero-order valence-electron chi connectivity index (χ0n) is 18.7. The molecule has 1 heterocycles. The summed E-state index contributed by atoms with van der Waals surface area (Å²) in [7, 11) is -4.22. The van der Waals surface area contributed by atoms with Crippen molar-refractivity contribution in [2.24, 2.45) is 0 Å². The first kappa shape index (κ1) is 24.8. The molecule has 1 aliphatic rings. The number of anilines is 1. The molecule has 3 aromatic carbocycles. The van der Waals surface area contributed by atoms with Crippen LogP contribution in [0.4, 0.5) is 10.1 Å². The van der Waals surface area contributed by atoms with Gasteiger partial charge in [-0.05, 0) is 73.2 Å². The number of ether oxygens (including phenoxy) is 1. The van der Waals surface area contributed by atoms with Crippen LogP contribution < -0.4 is 9.64 Å². The second kappa shape index (κ2) is 10.2. The monoisotopic (exact) mass is 516 g/mol. The SMILES string of the molecule is CCOc1ccc(N2C(=O)CC(N(Cc3ccc(F)cc3)S(=O)(=O)c3ccc(Cl)cc3)C2=O)cc1. The second-order valence-corrected chi connectivity index (χ2v) is 10.2. The Morgan fingerprint density at radius 2 is 1.63 bits per heavy atom. The van der Waals surface area contributed by atoms with Crippen LogP contribution in [0.1, 0.15) is 18.9 Å². The minimum Gasteiger partial charge on any atom is -0.494 e. The molecular weight excluding hydrogens is 495 g/mol. The molecule has 35 heavy (non-hydrogen) atoms. The number of hydrogen-bond donors (Lipinski definition) is 0. The van der Waals surface area contributed by atoms with Gasteiger partial charge in [-0.3, -0.25) is 9.59 Å². The Morgan fingerprint density at radius 3 is 2.23 bits per heavy atom. The van der Waals surface area contributed by atoms with E-state index >= 15 is 0 Å². The maximum Gasteiger partial charge on any atom is 0.252 e. The van der Waals surface area contributed by atoms with E-state index in [2.05, 4.69) is 0 Å². The van der Waals surface area contributed by atoms with Crippen LogP contribution in [0.3, 0.4) is 0 Å². The van der Waals surface area contributed by atoms with Gasteiger partial charge in [-0.25, -0.2) is 17.7 Å². The first-order valence-electron chi connectivity index (χ1n) is 10.8. The van der Waals surface area contributed by atoms with Crippen molar-refractivity contribution in [2.45, 2.75) is 30.8 Å². The van der Waals surface area contributed by atoms with Gasteiger partial charge in [-0.2, -0.15) is 4.31 Å². The lowest BCUT2D eigenvalue weighted by Gasteiger charge is -2.27.